The van der Waals surface area contributed by atoms with E-state index in [2.05, 4.69) is 0 Å². The number of nitrogens with two attached hydrogens (primary N) is 1. The minimum atomic E-state index is -1.14. The fourth-order valence-electron chi connectivity index (χ4n) is 2.79. The normalized spacial score (nSPS) is 20.5. The van der Waals surface area contributed by atoms with Crippen LogP contribution in [0.3, 0.4) is 0 Å². The molecular weight excluding hydrogens is 324 g/mol. The number of nitrogens with zero attached hydrogens (tertiary/aromatic N) is 1. The molecule has 0 saturated heterocycles. The number of hydrogen-bond donors (Lipinski definition) is 2. The molecule has 3 N–H and O–H groups in total. The summed E-state index contributed by atoms with van der Waals surface area (Å²) in [5.74, 6) is 0.419. The van der Waals surface area contributed by atoms with Gasteiger partial charge in [0.15, 0.2) is 0 Å². The second-order valence-electron chi connectivity index (χ2n) is 5.50. The number of carbonyl (C=O) groups excluding carboxylic acids is 1. The van der Waals surface area contributed by atoms with Crippen LogP contribution in [0.5, 0.6) is 5.75 Å². The maximum Gasteiger partial charge on any atom is 0.257 e. The van der Waals surface area contributed by atoms with Crippen LogP contribution in [0.15, 0.2) is 53.4 Å². The Balaban J connectivity index is 2.02. The Labute approximate surface area is 145 Å². The third-order valence-electron chi connectivity index (χ3n) is 4.01. The van der Waals surface area contributed by atoms with Gasteiger partial charge in [0.2, 0.25) is 0 Å². The number of amides is 1. The third kappa shape index (κ3) is 3.13. The number of aliphatic hydroxyl groups excluding tert-OH is 1. The molecule has 1 amide bonds. The maximum atomic E-state index is 12.8. The molecule has 0 fully saturated rings. The number of rotatable bonds is 4. The van der Waals surface area contributed by atoms with Crippen molar-refractivity contribution in [1.29, 1.82) is 0 Å². The Bertz CT molecular complexity index is 720. The Morgan fingerprint density at radius 2 is 1.92 bits per heavy atom. The van der Waals surface area contributed by atoms with Crippen LogP contribution >= 0.6 is 11.8 Å². The van der Waals surface area contributed by atoms with Gasteiger partial charge in [-0.15, -0.1) is 11.8 Å². The van der Waals surface area contributed by atoms with Crippen molar-refractivity contribution >= 4 is 23.4 Å². The molecule has 1 aliphatic heterocycles. The smallest absolute Gasteiger partial charge is 0.257 e. The summed E-state index contributed by atoms with van der Waals surface area (Å²) in [6.45, 7) is 0.716. The Hall–Kier alpha value is -2.02. The molecule has 2 aromatic carbocycles. The first kappa shape index (κ1) is 16.8. The van der Waals surface area contributed by atoms with Crippen LogP contribution in [-0.4, -0.2) is 37.3 Å². The topological polar surface area (TPSA) is 75.8 Å². The van der Waals surface area contributed by atoms with E-state index in [1.807, 2.05) is 48.5 Å². The summed E-state index contributed by atoms with van der Waals surface area (Å²) in [4.78, 5) is 15.3. The van der Waals surface area contributed by atoms with E-state index in [0.29, 0.717) is 13.1 Å². The van der Waals surface area contributed by atoms with Crippen molar-refractivity contribution in [1.82, 2.24) is 0 Å². The summed E-state index contributed by atoms with van der Waals surface area (Å²) in [5.41, 5.74) is 7.34. The molecule has 0 bridgehead atoms. The van der Waals surface area contributed by atoms with Gasteiger partial charge in [-0.05, 0) is 29.8 Å². The molecule has 1 aliphatic rings. The van der Waals surface area contributed by atoms with Crippen LogP contribution in [0, 0.1) is 0 Å². The maximum absolute atomic E-state index is 12.8. The summed E-state index contributed by atoms with van der Waals surface area (Å²) in [7, 11) is 1.61. The van der Waals surface area contributed by atoms with E-state index in [1.165, 1.54) is 11.8 Å². The standard InChI is InChI=1S/C18H20N2O3S/c1-23-13-8-6-12(7-9-13)17-16(21)18(22)20(11-10-19)14-4-2-3-5-15(14)24-17/h2-9,16-17,21H,10-11,19H2,1H3/t16-,17+/m1/s1. The molecule has 126 valence electrons. The van der Waals surface area contributed by atoms with Crippen molar-refractivity contribution in [2.75, 3.05) is 25.1 Å². The Morgan fingerprint density at radius 3 is 2.58 bits per heavy atom. The highest BCUT2D eigenvalue weighted by Crippen LogP contribution is 2.45. The molecule has 3 rings (SSSR count). The van der Waals surface area contributed by atoms with E-state index in [0.717, 1.165) is 21.9 Å². The van der Waals surface area contributed by atoms with Gasteiger partial charge >= 0.3 is 0 Å². The highest BCUT2D eigenvalue weighted by Gasteiger charge is 2.36. The molecule has 1 heterocycles. The first-order valence-electron chi connectivity index (χ1n) is 7.75. The van der Waals surface area contributed by atoms with E-state index >= 15 is 0 Å². The molecule has 24 heavy (non-hydrogen) atoms. The zero-order valence-electron chi connectivity index (χ0n) is 13.4. The Kier molecular flexibility index (Phi) is 5.08. The molecule has 0 saturated carbocycles. The van der Waals surface area contributed by atoms with Gasteiger partial charge in [0.1, 0.15) is 11.9 Å². The zero-order chi connectivity index (χ0) is 17.1. The van der Waals surface area contributed by atoms with E-state index < -0.39 is 6.10 Å². The summed E-state index contributed by atoms with van der Waals surface area (Å²) in [5, 5.41) is 10.3. The quantitative estimate of drug-likeness (QED) is 0.889. The van der Waals surface area contributed by atoms with E-state index in [-0.39, 0.29) is 11.2 Å². The lowest BCUT2D eigenvalue weighted by atomic mass is 10.1. The summed E-state index contributed by atoms with van der Waals surface area (Å²) < 4.78 is 5.18. The number of fused-ring (bicyclic) bond motifs is 1. The van der Waals surface area contributed by atoms with Gasteiger partial charge in [-0.25, -0.2) is 0 Å². The molecule has 0 radical (unpaired) electrons. The monoisotopic (exact) mass is 344 g/mol. The highest BCUT2D eigenvalue weighted by molar-refractivity contribution is 7.99. The van der Waals surface area contributed by atoms with Crippen LogP contribution in [0.25, 0.3) is 0 Å². The van der Waals surface area contributed by atoms with Gasteiger partial charge in [0.25, 0.3) is 5.91 Å². The number of aliphatic hydroxyl groups is 1. The van der Waals surface area contributed by atoms with E-state index in [1.54, 1.807) is 12.0 Å². The second-order valence-corrected chi connectivity index (χ2v) is 6.69. The average Bonchev–Trinajstić information content (AvgIpc) is 2.73. The fraction of sp³-hybridized carbons (Fsp3) is 0.278. The van der Waals surface area contributed by atoms with Gasteiger partial charge < -0.3 is 20.5 Å². The summed E-state index contributed by atoms with van der Waals surface area (Å²) >= 11 is 1.49. The average molecular weight is 344 g/mol. The van der Waals surface area contributed by atoms with Gasteiger partial charge in [-0.1, -0.05) is 24.3 Å². The molecule has 2 atom stereocenters. The number of para-hydroxylation sites is 1. The number of thioether (sulfide) groups is 1. The fourth-order valence-corrected chi connectivity index (χ4v) is 4.06. The SMILES string of the molecule is COc1ccc([C@@H]2Sc3ccccc3N(CCN)C(=O)[C@@H]2O)cc1. The first-order chi connectivity index (χ1) is 11.7. The molecule has 6 heteroatoms. The van der Waals surface area contributed by atoms with Gasteiger partial charge in [0.05, 0.1) is 18.0 Å². The zero-order valence-corrected chi connectivity index (χ0v) is 14.2. The van der Waals surface area contributed by atoms with E-state index in [9.17, 15) is 9.90 Å². The van der Waals surface area contributed by atoms with Gasteiger partial charge in [-0.3, -0.25) is 4.79 Å². The molecular formula is C18H20N2O3S. The van der Waals surface area contributed by atoms with Crippen molar-refractivity contribution in [3.63, 3.8) is 0 Å². The lowest BCUT2D eigenvalue weighted by molar-refractivity contribution is -0.126. The lowest BCUT2D eigenvalue weighted by Gasteiger charge is -2.24. The third-order valence-corrected chi connectivity index (χ3v) is 5.40. The molecule has 0 aromatic heterocycles. The van der Waals surface area contributed by atoms with Gasteiger partial charge in [-0.2, -0.15) is 0 Å². The number of ether oxygens (including phenoxy) is 1. The van der Waals surface area contributed by atoms with Crippen LogP contribution < -0.4 is 15.4 Å². The largest absolute Gasteiger partial charge is 0.497 e. The summed E-state index contributed by atoms with van der Waals surface area (Å²) in [6, 6.07) is 15.1. The molecule has 0 aliphatic carbocycles. The van der Waals surface area contributed by atoms with Crippen LogP contribution in [0.2, 0.25) is 0 Å². The van der Waals surface area contributed by atoms with Crippen molar-refractivity contribution in [2.24, 2.45) is 5.73 Å². The number of benzene rings is 2. The van der Waals surface area contributed by atoms with Crippen molar-refractivity contribution in [3.05, 3.63) is 54.1 Å². The van der Waals surface area contributed by atoms with Crippen LogP contribution in [-0.2, 0) is 4.79 Å². The minimum Gasteiger partial charge on any atom is -0.497 e. The predicted molar refractivity (Wildman–Crippen MR) is 95.4 cm³/mol. The predicted octanol–water partition coefficient (Wildman–Crippen LogP) is 2.19. The second kappa shape index (κ2) is 7.25. The number of carbonyl (C=O) groups is 1. The molecule has 2 aromatic rings. The van der Waals surface area contributed by atoms with Crippen LogP contribution in [0.4, 0.5) is 5.69 Å². The number of methoxy groups -OCH3 is 1. The van der Waals surface area contributed by atoms with Crippen molar-refractivity contribution < 1.29 is 14.6 Å². The Morgan fingerprint density at radius 1 is 1.21 bits per heavy atom. The molecule has 5 nitrogen and oxygen atoms in total. The summed E-state index contributed by atoms with van der Waals surface area (Å²) in [6.07, 6.45) is -1.14. The number of anilines is 1. The van der Waals surface area contributed by atoms with E-state index in [4.69, 9.17) is 10.5 Å². The first-order valence-corrected chi connectivity index (χ1v) is 8.63. The lowest BCUT2D eigenvalue weighted by Crippen LogP contribution is -2.42. The van der Waals surface area contributed by atoms with Gasteiger partial charge in [0, 0.05) is 18.0 Å². The van der Waals surface area contributed by atoms with Crippen LogP contribution in [0.1, 0.15) is 10.8 Å². The van der Waals surface area contributed by atoms with Crippen molar-refractivity contribution in [3.8, 4) is 5.75 Å². The number of hydrogen-bond acceptors (Lipinski definition) is 5. The molecule has 0 spiro atoms. The molecule has 0 unspecified atom stereocenters. The van der Waals surface area contributed by atoms with Crippen molar-refractivity contribution in [2.45, 2.75) is 16.2 Å². The minimum absolute atomic E-state index is 0.321. The highest BCUT2D eigenvalue weighted by atomic mass is 32.2.